The molecule has 2 aromatic carbocycles. The van der Waals surface area contributed by atoms with E-state index in [-0.39, 0.29) is 20.4 Å². The molecule has 0 radical (unpaired) electrons. The quantitative estimate of drug-likeness (QED) is 0.0274. The third-order valence-electron chi connectivity index (χ3n) is 15.8. The SMILES string of the molecule is CCCCCCC1=C(c2cc(CC)c(CC)c(CC)c2)[N+](=[N-])C(c2cc(CC)c(CC)c(CC)c2)=C1CCCC.[CH2-]CCCCCCCCCCCCCCC.[CH2-]CCCCCCCCCCCCCCC.[Pd+2]. The van der Waals surface area contributed by atoms with E-state index in [1.807, 2.05) is 0 Å². The van der Waals surface area contributed by atoms with Gasteiger partial charge in [-0.15, -0.1) is 0 Å². The van der Waals surface area contributed by atoms with Crippen molar-refractivity contribution in [2.45, 2.75) is 339 Å². The smallest absolute Gasteiger partial charge is 0.493 e. The molecule has 422 valence electrons. The minimum Gasteiger partial charge on any atom is -0.493 e. The van der Waals surface area contributed by atoms with Gasteiger partial charge in [0.05, 0.1) is 0 Å². The van der Waals surface area contributed by atoms with Crippen molar-refractivity contribution < 1.29 is 25.1 Å². The Balaban J connectivity index is 0.00000130. The van der Waals surface area contributed by atoms with Crippen molar-refractivity contribution >= 4 is 11.4 Å². The normalized spacial score (nSPS) is 12.3. The minimum atomic E-state index is 0. The Kier molecular flexibility index (Phi) is 47.3. The fourth-order valence-corrected chi connectivity index (χ4v) is 11.3. The summed E-state index contributed by atoms with van der Waals surface area (Å²) in [5, 5.41) is 0. The molecule has 1 heterocycles. The predicted molar refractivity (Wildman–Crippen MR) is 326 cm³/mol. The van der Waals surface area contributed by atoms with Gasteiger partial charge in [-0.3, -0.25) is 0 Å². The molecule has 0 aliphatic carbocycles. The molecule has 3 heteroatoms. The van der Waals surface area contributed by atoms with E-state index < -0.39 is 0 Å². The van der Waals surface area contributed by atoms with Gasteiger partial charge in [-0.1, -0.05) is 262 Å². The molecule has 2 aromatic rings. The Morgan fingerprint density at radius 3 is 0.781 bits per heavy atom. The van der Waals surface area contributed by atoms with Gasteiger partial charge in [-0.05, 0) is 122 Å². The number of allylic oxidation sites excluding steroid dienone is 2. The molecule has 3 rings (SSSR count). The van der Waals surface area contributed by atoms with Crippen LogP contribution in [0.2, 0.25) is 0 Å². The fraction of sp³-hybridized carbons (Fsp3) is 0.743. The van der Waals surface area contributed by atoms with Crippen LogP contribution in [0, 0.1) is 13.8 Å². The van der Waals surface area contributed by atoms with Crippen molar-refractivity contribution in [1.82, 2.24) is 0 Å². The van der Waals surface area contributed by atoms with Gasteiger partial charge >= 0.3 is 20.4 Å². The van der Waals surface area contributed by atoms with Gasteiger partial charge < -0.3 is 19.4 Å². The maximum absolute atomic E-state index is 12.2. The maximum atomic E-state index is 12.2. The van der Waals surface area contributed by atoms with Crippen LogP contribution in [-0.4, -0.2) is 4.70 Å². The molecule has 0 bridgehead atoms. The number of hydrogen-bond donors (Lipinski definition) is 0. The van der Waals surface area contributed by atoms with Crippen LogP contribution in [0.15, 0.2) is 35.4 Å². The van der Waals surface area contributed by atoms with E-state index in [0.717, 1.165) is 88.4 Å². The van der Waals surface area contributed by atoms with E-state index >= 15 is 0 Å². The van der Waals surface area contributed by atoms with Crippen LogP contribution in [0.3, 0.4) is 0 Å². The molecule has 1 aliphatic rings. The second-order valence-corrected chi connectivity index (χ2v) is 21.7. The molecule has 0 unspecified atom stereocenters. The first-order valence-corrected chi connectivity index (χ1v) is 32.1. The van der Waals surface area contributed by atoms with Gasteiger partial charge in [-0.2, -0.15) is 12.8 Å². The van der Waals surface area contributed by atoms with Gasteiger partial charge in [0.25, 0.3) is 0 Å². The Labute approximate surface area is 472 Å². The summed E-state index contributed by atoms with van der Waals surface area (Å²) in [7, 11) is 0. The Hall–Kier alpha value is -1.82. The Morgan fingerprint density at radius 1 is 0.315 bits per heavy atom. The summed E-state index contributed by atoms with van der Waals surface area (Å²) in [5.41, 5.74) is 28.2. The van der Waals surface area contributed by atoms with Gasteiger partial charge in [0.1, 0.15) is 0 Å². The average molecular weight is 1100 g/mol. The van der Waals surface area contributed by atoms with E-state index in [0.29, 0.717) is 0 Å². The third kappa shape index (κ3) is 28.9. The number of benzene rings is 2. The topological polar surface area (TPSA) is 25.3 Å². The first-order chi connectivity index (χ1) is 35.3. The van der Waals surface area contributed by atoms with Crippen molar-refractivity contribution in [1.29, 1.82) is 0 Å². The zero-order valence-corrected chi connectivity index (χ0v) is 52.2. The van der Waals surface area contributed by atoms with Gasteiger partial charge in [0.2, 0.25) is 11.4 Å². The summed E-state index contributed by atoms with van der Waals surface area (Å²) in [6.45, 7) is 30.5. The van der Waals surface area contributed by atoms with E-state index in [1.165, 1.54) is 248 Å². The monoisotopic (exact) mass is 1100 g/mol. The van der Waals surface area contributed by atoms with E-state index in [9.17, 15) is 5.53 Å². The average Bonchev–Trinajstić information content (AvgIpc) is 3.68. The Morgan fingerprint density at radius 2 is 0.548 bits per heavy atom. The summed E-state index contributed by atoms with van der Waals surface area (Å²) in [6, 6.07) is 9.54. The van der Waals surface area contributed by atoms with Crippen LogP contribution in [0.5, 0.6) is 0 Å². The molecule has 73 heavy (non-hydrogen) atoms. The number of nitrogens with zero attached hydrogens (tertiary/aromatic N) is 2. The van der Waals surface area contributed by atoms with Crippen LogP contribution in [-0.2, 0) is 58.9 Å². The molecule has 0 saturated carbocycles. The molecule has 0 fully saturated rings. The summed E-state index contributed by atoms with van der Waals surface area (Å²) >= 11 is 0. The number of aryl methyl sites for hydroxylation is 4. The number of unbranched alkanes of at least 4 members (excludes halogenated alkanes) is 30. The molecule has 0 spiro atoms. The molecule has 1 aliphatic heterocycles. The van der Waals surface area contributed by atoms with Crippen molar-refractivity contribution in [3.8, 4) is 0 Å². The van der Waals surface area contributed by atoms with Gasteiger partial charge in [0.15, 0.2) is 0 Å². The fourth-order valence-electron chi connectivity index (χ4n) is 11.3. The van der Waals surface area contributed by atoms with E-state index in [1.54, 1.807) is 4.70 Å². The minimum absolute atomic E-state index is 0. The summed E-state index contributed by atoms with van der Waals surface area (Å²) < 4.78 is 1.61. The van der Waals surface area contributed by atoms with E-state index in [2.05, 4.69) is 107 Å². The number of hydrogen-bond acceptors (Lipinski definition) is 0. The molecule has 0 atom stereocenters. The second-order valence-electron chi connectivity index (χ2n) is 21.7. The zero-order valence-electron chi connectivity index (χ0n) is 50.6. The molecular formula is C70H122N2Pd. The maximum Gasteiger partial charge on any atom is 2.00 e. The molecular weight excluding hydrogens is 975 g/mol. The first-order valence-electron chi connectivity index (χ1n) is 32.1. The van der Waals surface area contributed by atoms with Crippen LogP contribution >= 0.6 is 0 Å². The van der Waals surface area contributed by atoms with Gasteiger partial charge in [0, 0.05) is 22.3 Å². The van der Waals surface area contributed by atoms with Gasteiger partial charge in [-0.25, -0.2) is 4.70 Å². The largest absolute Gasteiger partial charge is 2.00 e. The molecule has 0 N–H and O–H groups in total. The van der Waals surface area contributed by atoms with Crippen molar-refractivity contribution in [2.24, 2.45) is 0 Å². The molecule has 0 saturated heterocycles. The van der Waals surface area contributed by atoms with Crippen LogP contribution in [0.25, 0.3) is 16.9 Å². The number of rotatable bonds is 42. The van der Waals surface area contributed by atoms with E-state index in [4.69, 9.17) is 0 Å². The summed E-state index contributed by atoms with van der Waals surface area (Å²) in [5.74, 6) is 0. The van der Waals surface area contributed by atoms with Crippen LogP contribution in [0.4, 0.5) is 0 Å². The predicted octanol–water partition coefficient (Wildman–Crippen LogP) is 24.0. The summed E-state index contributed by atoms with van der Waals surface area (Å²) in [6.07, 6.45) is 55.2. The molecule has 2 nitrogen and oxygen atoms in total. The van der Waals surface area contributed by atoms with Crippen molar-refractivity contribution in [3.05, 3.63) is 99.3 Å². The molecule has 0 aromatic heterocycles. The molecule has 0 amide bonds. The summed E-state index contributed by atoms with van der Waals surface area (Å²) in [4.78, 5) is 0. The van der Waals surface area contributed by atoms with Crippen molar-refractivity contribution in [2.75, 3.05) is 0 Å². The standard InChI is InChI=1S/C38H56N2.2C16H33.Pd/c1-9-17-19-20-22-36-35(21-18-10-2)37(31-23-27(11-3)33(15-7)28(12-4)24-31)40(39)38(36)32-25-29(13-5)34(16-8)30(14-6)26-32;2*1-3-5-7-9-11-13-15-16-14-12-10-8-6-4-2;/h23-26H,9-22H2,1-8H3;2*1,3-16H2,2H3;/q;2*-1;+2. The van der Waals surface area contributed by atoms with Crippen LogP contribution in [0.1, 0.15) is 345 Å². The first kappa shape index (κ1) is 71.2. The zero-order chi connectivity index (χ0) is 53.0. The second kappa shape index (κ2) is 48.5. The van der Waals surface area contributed by atoms with Crippen LogP contribution < -0.4 is 0 Å². The third-order valence-corrected chi connectivity index (χ3v) is 15.8. The van der Waals surface area contributed by atoms with Crippen molar-refractivity contribution in [3.63, 3.8) is 0 Å². The Bertz CT molecular complexity index is 1600.